The van der Waals surface area contributed by atoms with Gasteiger partial charge in [-0.25, -0.2) is 9.59 Å². The highest BCUT2D eigenvalue weighted by atomic mass is 16.7. The first-order valence-corrected chi connectivity index (χ1v) is 5.11. The molecule has 6 heteroatoms. The van der Waals surface area contributed by atoms with Crippen LogP contribution in [0.5, 0.6) is 0 Å². The van der Waals surface area contributed by atoms with Crippen LogP contribution in [0, 0.1) is 5.41 Å². The summed E-state index contributed by atoms with van der Waals surface area (Å²) in [6, 6.07) is 0. The van der Waals surface area contributed by atoms with Gasteiger partial charge >= 0.3 is 12.1 Å². The highest BCUT2D eigenvalue weighted by Gasteiger charge is 2.19. The van der Waals surface area contributed by atoms with E-state index < -0.39 is 17.5 Å². The third-order valence-electron chi connectivity index (χ3n) is 1.72. The van der Waals surface area contributed by atoms with Crippen LogP contribution in [-0.4, -0.2) is 43.7 Å². The molecule has 0 saturated carbocycles. The van der Waals surface area contributed by atoms with Gasteiger partial charge in [0.15, 0.2) is 0 Å². The van der Waals surface area contributed by atoms with E-state index in [-0.39, 0.29) is 26.4 Å². The molecule has 0 unspecified atom stereocenters. The SMILES string of the molecule is C=CC(=O)OCCOC(=O)OCC(C)(C)CO. The van der Waals surface area contributed by atoms with Gasteiger partial charge in [0, 0.05) is 11.5 Å². The maximum absolute atomic E-state index is 11.0. The summed E-state index contributed by atoms with van der Waals surface area (Å²) in [6.45, 7) is 6.51. The van der Waals surface area contributed by atoms with Gasteiger partial charge in [0.2, 0.25) is 0 Å². The minimum Gasteiger partial charge on any atom is -0.459 e. The Kier molecular flexibility index (Phi) is 6.97. The fourth-order valence-electron chi connectivity index (χ4n) is 0.668. The highest BCUT2D eigenvalue weighted by molar-refractivity contribution is 5.81. The van der Waals surface area contributed by atoms with Crippen LogP contribution in [0.1, 0.15) is 13.8 Å². The van der Waals surface area contributed by atoms with Crippen molar-refractivity contribution in [3.8, 4) is 0 Å². The van der Waals surface area contributed by atoms with Crippen molar-refractivity contribution in [2.75, 3.05) is 26.4 Å². The zero-order chi connectivity index (χ0) is 13.3. The standard InChI is InChI=1S/C11H18O6/c1-4-9(13)15-5-6-16-10(14)17-8-11(2,3)7-12/h4,12H,1,5-8H2,2-3H3. The minimum absolute atomic E-state index is 0.0504. The lowest BCUT2D eigenvalue weighted by Crippen LogP contribution is -2.26. The fourth-order valence-corrected chi connectivity index (χ4v) is 0.668. The van der Waals surface area contributed by atoms with Gasteiger partial charge in [-0.1, -0.05) is 20.4 Å². The molecule has 0 aliphatic heterocycles. The van der Waals surface area contributed by atoms with Gasteiger partial charge in [-0.05, 0) is 0 Å². The summed E-state index contributed by atoms with van der Waals surface area (Å²) in [5, 5.41) is 8.91. The van der Waals surface area contributed by atoms with Crippen molar-refractivity contribution in [3.63, 3.8) is 0 Å². The molecule has 0 saturated heterocycles. The normalized spacial score (nSPS) is 10.5. The van der Waals surface area contributed by atoms with Crippen LogP contribution in [-0.2, 0) is 19.0 Å². The van der Waals surface area contributed by atoms with Crippen molar-refractivity contribution in [2.24, 2.45) is 5.41 Å². The van der Waals surface area contributed by atoms with Gasteiger partial charge in [-0.15, -0.1) is 0 Å². The molecule has 0 aromatic heterocycles. The van der Waals surface area contributed by atoms with Crippen LogP contribution in [0.15, 0.2) is 12.7 Å². The minimum atomic E-state index is -0.860. The molecule has 0 aliphatic rings. The lowest BCUT2D eigenvalue weighted by atomic mass is 9.97. The van der Waals surface area contributed by atoms with Crippen molar-refractivity contribution in [1.82, 2.24) is 0 Å². The number of aliphatic hydroxyl groups is 1. The second-order valence-corrected chi connectivity index (χ2v) is 4.08. The van der Waals surface area contributed by atoms with E-state index in [9.17, 15) is 9.59 Å². The molecule has 0 rings (SSSR count). The second kappa shape index (κ2) is 7.67. The summed E-state index contributed by atoms with van der Waals surface area (Å²) in [6.07, 6.45) is 0.156. The van der Waals surface area contributed by atoms with Crippen molar-refractivity contribution >= 4 is 12.1 Å². The topological polar surface area (TPSA) is 82.1 Å². The summed E-state index contributed by atoms with van der Waals surface area (Å²) < 4.78 is 14.0. The number of esters is 1. The van der Waals surface area contributed by atoms with Crippen LogP contribution in [0.25, 0.3) is 0 Å². The Morgan fingerprint density at radius 2 is 1.82 bits per heavy atom. The summed E-state index contributed by atoms with van der Waals surface area (Å²) in [5.74, 6) is -0.580. The van der Waals surface area contributed by atoms with E-state index in [4.69, 9.17) is 9.84 Å². The molecular weight excluding hydrogens is 228 g/mol. The summed E-state index contributed by atoms with van der Waals surface area (Å²) in [4.78, 5) is 21.6. The molecule has 0 aromatic rings. The Morgan fingerprint density at radius 3 is 2.35 bits per heavy atom. The van der Waals surface area contributed by atoms with Gasteiger partial charge in [0.05, 0.1) is 6.61 Å². The first-order valence-electron chi connectivity index (χ1n) is 5.11. The zero-order valence-electron chi connectivity index (χ0n) is 10.1. The summed E-state index contributed by atoms with van der Waals surface area (Å²) in [5.41, 5.74) is -0.506. The number of hydrogen-bond donors (Lipinski definition) is 1. The Morgan fingerprint density at radius 1 is 1.24 bits per heavy atom. The quantitative estimate of drug-likeness (QED) is 0.408. The number of rotatable bonds is 7. The van der Waals surface area contributed by atoms with E-state index >= 15 is 0 Å². The molecule has 0 aromatic carbocycles. The Balaban J connectivity index is 3.60. The number of ether oxygens (including phenoxy) is 3. The van der Waals surface area contributed by atoms with Gasteiger partial charge < -0.3 is 19.3 Å². The van der Waals surface area contributed by atoms with E-state index in [1.165, 1.54) is 0 Å². The Bertz CT molecular complexity index is 271. The molecule has 98 valence electrons. The van der Waals surface area contributed by atoms with E-state index in [1.807, 2.05) is 0 Å². The average molecular weight is 246 g/mol. The van der Waals surface area contributed by atoms with Crippen LogP contribution in [0.2, 0.25) is 0 Å². The number of carbonyl (C=O) groups excluding carboxylic acids is 2. The molecule has 6 nitrogen and oxygen atoms in total. The zero-order valence-corrected chi connectivity index (χ0v) is 10.1. The van der Waals surface area contributed by atoms with Crippen LogP contribution in [0.4, 0.5) is 4.79 Å². The van der Waals surface area contributed by atoms with Crippen molar-refractivity contribution < 1.29 is 28.9 Å². The number of hydrogen-bond acceptors (Lipinski definition) is 6. The molecule has 0 atom stereocenters. The number of aliphatic hydroxyl groups excluding tert-OH is 1. The fraction of sp³-hybridized carbons (Fsp3) is 0.636. The monoisotopic (exact) mass is 246 g/mol. The summed E-state index contributed by atoms with van der Waals surface area (Å²) in [7, 11) is 0. The lowest BCUT2D eigenvalue weighted by molar-refractivity contribution is -0.139. The largest absolute Gasteiger partial charge is 0.508 e. The second-order valence-electron chi connectivity index (χ2n) is 4.08. The molecular formula is C11H18O6. The van der Waals surface area contributed by atoms with Crippen LogP contribution in [0.3, 0.4) is 0 Å². The van der Waals surface area contributed by atoms with Gasteiger partial charge in [-0.3, -0.25) is 0 Å². The maximum Gasteiger partial charge on any atom is 0.508 e. The number of carbonyl (C=O) groups is 2. The van der Waals surface area contributed by atoms with Crippen molar-refractivity contribution in [3.05, 3.63) is 12.7 Å². The average Bonchev–Trinajstić information content (AvgIpc) is 2.32. The predicted octanol–water partition coefficient (Wildman–Crippen LogP) is 0.887. The van der Waals surface area contributed by atoms with Crippen molar-refractivity contribution in [2.45, 2.75) is 13.8 Å². The molecule has 0 fully saturated rings. The van der Waals surface area contributed by atoms with E-state index in [0.717, 1.165) is 6.08 Å². The van der Waals surface area contributed by atoms with Crippen molar-refractivity contribution in [1.29, 1.82) is 0 Å². The van der Waals surface area contributed by atoms with Crippen LogP contribution >= 0.6 is 0 Å². The highest BCUT2D eigenvalue weighted by Crippen LogP contribution is 2.13. The molecule has 0 bridgehead atoms. The molecule has 0 radical (unpaired) electrons. The van der Waals surface area contributed by atoms with E-state index in [1.54, 1.807) is 13.8 Å². The van der Waals surface area contributed by atoms with Gasteiger partial charge in [0.1, 0.15) is 19.8 Å². The van der Waals surface area contributed by atoms with Crippen LogP contribution < -0.4 is 0 Å². The first-order chi connectivity index (χ1) is 7.91. The predicted molar refractivity (Wildman–Crippen MR) is 59.3 cm³/mol. The molecule has 17 heavy (non-hydrogen) atoms. The smallest absolute Gasteiger partial charge is 0.459 e. The van der Waals surface area contributed by atoms with Gasteiger partial charge in [-0.2, -0.15) is 0 Å². The Hall–Kier alpha value is -1.56. The third-order valence-corrected chi connectivity index (χ3v) is 1.72. The molecule has 0 aliphatic carbocycles. The van der Waals surface area contributed by atoms with E-state index in [2.05, 4.69) is 16.1 Å². The summed E-state index contributed by atoms with van der Waals surface area (Å²) >= 11 is 0. The molecule has 0 amide bonds. The molecule has 1 N–H and O–H groups in total. The molecule has 0 spiro atoms. The Labute approximate surface area is 100 Å². The first kappa shape index (κ1) is 15.4. The lowest BCUT2D eigenvalue weighted by Gasteiger charge is -2.20. The molecule has 0 heterocycles. The van der Waals surface area contributed by atoms with E-state index in [0.29, 0.717) is 0 Å². The third kappa shape index (κ3) is 8.27. The maximum atomic E-state index is 11.0. The van der Waals surface area contributed by atoms with Gasteiger partial charge in [0.25, 0.3) is 0 Å².